The lowest BCUT2D eigenvalue weighted by Crippen LogP contribution is -2.39. The van der Waals surface area contributed by atoms with Gasteiger partial charge in [0, 0.05) is 24.0 Å². The Balaban J connectivity index is 2.40. The van der Waals surface area contributed by atoms with E-state index in [0.29, 0.717) is 0 Å². The standard InChI is InChI=1S/C29H40NSi/c1-20-11-13-23(14-12-20)26-17-25(21(2)15-28(26)31(8,9)10)27-16-24(18-29(4,5)6)22(3)19-30(27)7/h11-17,19H,18H2,1-10H3/q+1/i3D3,18D2. The van der Waals surface area contributed by atoms with Crippen molar-refractivity contribution in [3.63, 3.8) is 0 Å². The average Bonchev–Trinajstić information content (AvgIpc) is 2.72. The van der Waals surface area contributed by atoms with Crippen LogP contribution in [0.15, 0.2) is 48.7 Å². The highest BCUT2D eigenvalue weighted by Gasteiger charge is 2.25. The summed E-state index contributed by atoms with van der Waals surface area (Å²) < 4.78 is 44.1. The molecular formula is C29H40NSi+. The van der Waals surface area contributed by atoms with Gasteiger partial charge in [-0.3, -0.25) is 0 Å². The molecule has 0 aliphatic heterocycles. The van der Waals surface area contributed by atoms with Crippen LogP contribution in [0.25, 0.3) is 22.4 Å². The van der Waals surface area contributed by atoms with Gasteiger partial charge >= 0.3 is 0 Å². The number of pyridine rings is 1. The van der Waals surface area contributed by atoms with E-state index in [0.717, 1.165) is 22.4 Å². The average molecular weight is 436 g/mol. The molecule has 0 atom stereocenters. The first kappa shape index (κ1) is 17.4. The smallest absolute Gasteiger partial charge is 0.201 e. The third kappa shape index (κ3) is 5.36. The summed E-state index contributed by atoms with van der Waals surface area (Å²) in [5.74, 6) is 0. The third-order valence-electron chi connectivity index (χ3n) is 5.59. The fourth-order valence-electron chi connectivity index (χ4n) is 4.00. The maximum Gasteiger partial charge on any atom is 0.212 e. The van der Waals surface area contributed by atoms with E-state index in [-0.39, 0.29) is 11.1 Å². The van der Waals surface area contributed by atoms with Crippen molar-refractivity contribution in [1.29, 1.82) is 0 Å². The second kappa shape index (κ2) is 8.39. The van der Waals surface area contributed by atoms with Gasteiger partial charge in [0.05, 0.1) is 8.07 Å². The molecule has 2 aromatic carbocycles. The Morgan fingerprint density at radius 3 is 2.13 bits per heavy atom. The molecule has 0 unspecified atom stereocenters. The quantitative estimate of drug-likeness (QED) is 0.310. The van der Waals surface area contributed by atoms with Gasteiger partial charge in [0.1, 0.15) is 7.05 Å². The Labute approximate surface area is 198 Å². The minimum absolute atomic E-state index is 0.0591. The van der Waals surface area contributed by atoms with Crippen molar-refractivity contribution in [3.05, 3.63) is 70.9 Å². The summed E-state index contributed by atoms with van der Waals surface area (Å²) in [6.45, 7) is 14.2. The number of hydrogen-bond donors (Lipinski definition) is 0. The van der Waals surface area contributed by atoms with Crippen LogP contribution < -0.4 is 9.75 Å². The number of aromatic nitrogens is 1. The SMILES string of the molecule is [2H]C([2H])([2H])c1c[n+](C)c(-c2cc(-c3ccc(C)cc3)c([Si](C)(C)C)cc2C)cc1C([2H])([2H])C(C)(C)C. The van der Waals surface area contributed by atoms with E-state index in [1.165, 1.54) is 16.3 Å². The highest BCUT2D eigenvalue weighted by Crippen LogP contribution is 2.31. The summed E-state index contributed by atoms with van der Waals surface area (Å²) in [6, 6.07) is 14.8. The molecule has 3 aromatic rings. The molecule has 0 fully saturated rings. The topological polar surface area (TPSA) is 3.88 Å². The van der Waals surface area contributed by atoms with Gasteiger partial charge in [0.2, 0.25) is 5.69 Å². The number of nitrogens with zero attached hydrogens (tertiary/aromatic N) is 1. The van der Waals surface area contributed by atoms with Gasteiger partial charge in [-0.15, -0.1) is 0 Å². The molecule has 1 heterocycles. The Bertz CT molecular complexity index is 1280. The van der Waals surface area contributed by atoms with Crippen molar-refractivity contribution < 1.29 is 11.4 Å². The summed E-state index contributed by atoms with van der Waals surface area (Å²) in [6.07, 6.45) is -0.246. The molecule has 0 saturated carbocycles. The van der Waals surface area contributed by atoms with Crippen LogP contribution in [-0.4, -0.2) is 8.07 Å². The number of hydrogen-bond acceptors (Lipinski definition) is 0. The lowest BCUT2D eigenvalue weighted by atomic mass is 9.86. The van der Waals surface area contributed by atoms with E-state index in [2.05, 4.69) is 69.9 Å². The summed E-state index contributed by atoms with van der Waals surface area (Å²) in [7, 11) is 0.162. The van der Waals surface area contributed by atoms with E-state index < -0.39 is 26.7 Å². The highest BCUT2D eigenvalue weighted by atomic mass is 28.3. The maximum absolute atomic E-state index is 8.95. The van der Waals surface area contributed by atoms with Crippen LogP contribution in [0.2, 0.25) is 19.6 Å². The van der Waals surface area contributed by atoms with Gasteiger partial charge in [0.15, 0.2) is 6.20 Å². The molecule has 0 radical (unpaired) electrons. The van der Waals surface area contributed by atoms with Crippen LogP contribution >= 0.6 is 0 Å². The van der Waals surface area contributed by atoms with Gasteiger partial charge in [-0.1, -0.05) is 81.5 Å². The van der Waals surface area contributed by atoms with Crippen molar-refractivity contribution in [2.45, 2.75) is 67.5 Å². The molecule has 0 aliphatic carbocycles. The molecule has 1 aromatic heterocycles. The van der Waals surface area contributed by atoms with Crippen molar-refractivity contribution in [1.82, 2.24) is 0 Å². The zero-order chi connectivity index (χ0) is 27.4. The minimum atomic E-state index is -2.42. The second-order valence-electron chi connectivity index (χ2n) is 10.8. The van der Waals surface area contributed by atoms with Crippen LogP contribution in [0.1, 0.15) is 49.9 Å². The number of aryl methyl sites for hydroxylation is 4. The zero-order valence-corrected chi connectivity index (χ0v) is 21.6. The molecule has 31 heavy (non-hydrogen) atoms. The van der Waals surface area contributed by atoms with Crippen LogP contribution in [0, 0.1) is 26.1 Å². The molecular weight excluding hydrogens is 390 g/mol. The molecule has 0 saturated heterocycles. The van der Waals surface area contributed by atoms with Gasteiger partial charge in [-0.05, 0) is 60.8 Å². The summed E-state index contributed by atoms with van der Waals surface area (Å²) in [4.78, 5) is 0. The van der Waals surface area contributed by atoms with E-state index in [1.54, 1.807) is 12.3 Å². The van der Waals surface area contributed by atoms with Gasteiger partial charge in [-0.2, -0.15) is 0 Å². The molecule has 2 heteroatoms. The first-order valence-electron chi connectivity index (χ1n) is 13.5. The summed E-state index contributed by atoms with van der Waals surface area (Å²) in [5.41, 5.74) is 5.95. The molecule has 0 bridgehead atoms. The minimum Gasteiger partial charge on any atom is -0.201 e. The van der Waals surface area contributed by atoms with E-state index in [9.17, 15) is 0 Å². The summed E-state index contributed by atoms with van der Waals surface area (Å²) in [5, 5.41) is 1.37. The predicted octanol–water partition coefficient (Wildman–Crippen LogP) is 6.90. The number of rotatable bonds is 4. The molecule has 1 nitrogen and oxygen atoms in total. The molecule has 3 rings (SSSR count). The Morgan fingerprint density at radius 2 is 1.58 bits per heavy atom. The zero-order valence-electron chi connectivity index (χ0n) is 25.6. The van der Waals surface area contributed by atoms with Crippen molar-refractivity contribution in [2.24, 2.45) is 12.5 Å². The predicted molar refractivity (Wildman–Crippen MR) is 139 cm³/mol. The monoisotopic (exact) mass is 435 g/mol. The van der Waals surface area contributed by atoms with Crippen LogP contribution in [0.5, 0.6) is 0 Å². The Hall–Kier alpha value is -2.19. The third-order valence-corrected chi connectivity index (χ3v) is 7.62. The van der Waals surface area contributed by atoms with Gasteiger partial charge in [0.25, 0.3) is 0 Å². The lowest BCUT2D eigenvalue weighted by molar-refractivity contribution is -0.660. The molecule has 0 aliphatic rings. The highest BCUT2D eigenvalue weighted by molar-refractivity contribution is 6.89. The molecule has 0 N–H and O–H groups in total. The van der Waals surface area contributed by atoms with Crippen molar-refractivity contribution >= 4 is 13.3 Å². The van der Waals surface area contributed by atoms with Gasteiger partial charge < -0.3 is 0 Å². The molecule has 0 amide bonds. The Morgan fingerprint density at radius 1 is 0.935 bits per heavy atom. The van der Waals surface area contributed by atoms with E-state index in [1.807, 2.05) is 32.4 Å². The van der Waals surface area contributed by atoms with E-state index >= 15 is 0 Å². The molecule has 164 valence electrons. The Kier molecular flexibility index (Phi) is 4.70. The molecule has 0 spiro atoms. The van der Waals surface area contributed by atoms with Crippen molar-refractivity contribution in [2.75, 3.05) is 0 Å². The number of benzene rings is 2. The fourth-order valence-corrected chi connectivity index (χ4v) is 5.67. The fraction of sp³-hybridized carbons (Fsp3) is 0.414. The first-order valence-corrected chi connectivity index (χ1v) is 14.5. The normalized spacial score (nSPS) is 15.6. The first-order chi connectivity index (χ1) is 16.2. The maximum atomic E-state index is 8.95. The van der Waals surface area contributed by atoms with Crippen molar-refractivity contribution in [3.8, 4) is 22.4 Å². The van der Waals surface area contributed by atoms with Gasteiger partial charge in [-0.25, -0.2) is 4.57 Å². The van der Waals surface area contributed by atoms with E-state index in [4.69, 9.17) is 6.85 Å². The summed E-state index contributed by atoms with van der Waals surface area (Å²) >= 11 is 0. The second-order valence-corrected chi connectivity index (χ2v) is 15.8. The largest absolute Gasteiger partial charge is 0.212 e. The lowest BCUT2D eigenvalue weighted by Gasteiger charge is -2.24. The van der Waals surface area contributed by atoms with Crippen LogP contribution in [-0.2, 0) is 13.4 Å². The van der Waals surface area contributed by atoms with Crippen LogP contribution in [0.4, 0.5) is 0 Å². The van der Waals surface area contributed by atoms with Crippen LogP contribution in [0.3, 0.4) is 0 Å².